The summed E-state index contributed by atoms with van der Waals surface area (Å²) in [6.07, 6.45) is 1.93. The van der Waals surface area contributed by atoms with Crippen LogP contribution in [0.4, 0.5) is 11.4 Å². The maximum absolute atomic E-state index is 13.2. The third-order valence-electron chi connectivity index (χ3n) is 5.26. The Labute approximate surface area is 178 Å². The minimum atomic E-state index is -0.0344. The maximum Gasteiger partial charge on any atom is 0.254 e. The highest BCUT2D eigenvalue weighted by Gasteiger charge is 2.29. The minimum absolute atomic E-state index is 0.0344. The third-order valence-corrected chi connectivity index (χ3v) is 5.26. The Balaban J connectivity index is 1.87. The van der Waals surface area contributed by atoms with E-state index < -0.39 is 0 Å². The van der Waals surface area contributed by atoms with Crippen molar-refractivity contribution in [3.63, 3.8) is 0 Å². The maximum atomic E-state index is 13.2. The van der Waals surface area contributed by atoms with Gasteiger partial charge in [-0.25, -0.2) is 0 Å². The first-order chi connectivity index (χ1) is 14.4. The Morgan fingerprint density at radius 1 is 1.13 bits per heavy atom. The zero-order chi connectivity index (χ0) is 21.7. The van der Waals surface area contributed by atoms with Gasteiger partial charge in [0.15, 0.2) is 0 Å². The second-order valence-corrected chi connectivity index (χ2v) is 8.09. The molecule has 0 atom stereocenters. The van der Waals surface area contributed by atoms with Gasteiger partial charge in [0.1, 0.15) is 0 Å². The molecule has 30 heavy (non-hydrogen) atoms. The normalized spacial score (nSPS) is 13.1. The molecule has 1 aliphatic carbocycles. The van der Waals surface area contributed by atoms with E-state index in [1.807, 2.05) is 68.4 Å². The van der Waals surface area contributed by atoms with Crippen LogP contribution in [0.15, 0.2) is 42.5 Å². The van der Waals surface area contributed by atoms with Crippen molar-refractivity contribution in [3.05, 3.63) is 59.2 Å². The Morgan fingerprint density at radius 2 is 1.90 bits per heavy atom. The van der Waals surface area contributed by atoms with Crippen LogP contribution in [0.25, 0.3) is 0 Å². The van der Waals surface area contributed by atoms with Gasteiger partial charge in [-0.05, 0) is 55.7 Å². The topological polar surface area (TPSA) is 61.9 Å². The molecule has 1 aliphatic rings. The number of carbonyl (C=O) groups excluding carboxylic acids is 2. The van der Waals surface area contributed by atoms with E-state index in [4.69, 9.17) is 4.74 Å². The van der Waals surface area contributed by atoms with Gasteiger partial charge in [0, 0.05) is 57.2 Å². The van der Waals surface area contributed by atoms with Gasteiger partial charge < -0.3 is 19.9 Å². The lowest BCUT2D eigenvalue weighted by Crippen LogP contribution is -2.34. The average Bonchev–Trinajstić information content (AvgIpc) is 3.56. The number of nitrogens with zero attached hydrogens (tertiary/aromatic N) is 2. The number of anilines is 2. The van der Waals surface area contributed by atoms with Crippen LogP contribution in [0.2, 0.25) is 0 Å². The summed E-state index contributed by atoms with van der Waals surface area (Å²) in [5.41, 5.74) is 4.47. The molecule has 1 N–H and O–H groups in total. The predicted octanol–water partition coefficient (Wildman–Crippen LogP) is 3.70. The largest absolute Gasteiger partial charge is 0.383 e. The number of hydrogen-bond acceptors (Lipinski definition) is 4. The SMILES string of the molecule is COCCN(Cc1cc(NC(=O)C2CC2)ccc1N(C)C)C(=O)c1cccc(C)c1. The zero-order valence-corrected chi connectivity index (χ0v) is 18.3. The van der Waals surface area contributed by atoms with E-state index >= 15 is 0 Å². The standard InChI is InChI=1S/C24H31N3O3/c1-17-6-5-7-19(14-17)24(29)27(12-13-30-4)16-20-15-21(10-11-22(20)26(2)3)25-23(28)18-8-9-18/h5-7,10-11,14-15,18H,8-9,12-13,16H2,1-4H3,(H,25,28). The Bertz CT molecular complexity index is 906. The molecule has 160 valence electrons. The first-order valence-electron chi connectivity index (χ1n) is 10.3. The third kappa shape index (κ3) is 5.60. The summed E-state index contributed by atoms with van der Waals surface area (Å²) >= 11 is 0. The van der Waals surface area contributed by atoms with Crippen LogP contribution in [-0.4, -0.2) is 51.1 Å². The van der Waals surface area contributed by atoms with Crippen molar-refractivity contribution < 1.29 is 14.3 Å². The molecule has 0 aliphatic heterocycles. The molecule has 2 amide bonds. The molecular formula is C24H31N3O3. The van der Waals surface area contributed by atoms with E-state index in [1.54, 1.807) is 12.0 Å². The Morgan fingerprint density at radius 3 is 2.53 bits per heavy atom. The number of hydrogen-bond donors (Lipinski definition) is 1. The lowest BCUT2D eigenvalue weighted by molar-refractivity contribution is -0.117. The number of amides is 2. The Kier molecular flexibility index (Phi) is 7.11. The summed E-state index contributed by atoms with van der Waals surface area (Å²) in [5, 5.41) is 3.01. The Hall–Kier alpha value is -2.86. The van der Waals surface area contributed by atoms with Gasteiger partial charge in [-0.15, -0.1) is 0 Å². The molecule has 0 aromatic heterocycles. The molecule has 1 fully saturated rings. The van der Waals surface area contributed by atoms with Crippen molar-refractivity contribution in [1.82, 2.24) is 4.90 Å². The molecule has 6 heteroatoms. The van der Waals surface area contributed by atoms with Crippen molar-refractivity contribution in [3.8, 4) is 0 Å². The van der Waals surface area contributed by atoms with E-state index in [2.05, 4.69) is 5.32 Å². The van der Waals surface area contributed by atoms with E-state index in [0.717, 1.165) is 35.3 Å². The highest BCUT2D eigenvalue weighted by molar-refractivity contribution is 5.95. The average molecular weight is 410 g/mol. The number of ether oxygens (including phenoxy) is 1. The number of nitrogens with one attached hydrogen (secondary N) is 1. The lowest BCUT2D eigenvalue weighted by atomic mass is 10.1. The van der Waals surface area contributed by atoms with Crippen LogP contribution in [0.1, 0.15) is 34.3 Å². The molecular weight excluding hydrogens is 378 g/mol. The molecule has 0 saturated heterocycles. The van der Waals surface area contributed by atoms with Crippen molar-refractivity contribution in [2.24, 2.45) is 5.92 Å². The van der Waals surface area contributed by atoms with Gasteiger partial charge in [0.25, 0.3) is 5.91 Å². The fourth-order valence-electron chi connectivity index (χ4n) is 3.44. The van der Waals surface area contributed by atoms with Crippen molar-refractivity contribution in [1.29, 1.82) is 0 Å². The van der Waals surface area contributed by atoms with E-state index in [-0.39, 0.29) is 17.7 Å². The second kappa shape index (κ2) is 9.76. The predicted molar refractivity (Wildman–Crippen MR) is 120 cm³/mol. The summed E-state index contributed by atoms with van der Waals surface area (Å²) < 4.78 is 5.25. The van der Waals surface area contributed by atoms with E-state index in [0.29, 0.717) is 25.3 Å². The summed E-state index contributed by atoms with van der Waals surface area (Å²) in [5.74, 6) is 0.182. The zero-order valence-electron chi connectivity index (χ0n) is 18.3. The van der Waals surface area contributed by atoms with Crippen molar-refractivity contribution in [2.45, 2.75) is 26.3 Å². The fourth-order valence-corrected chi connectivity index (χ4v) is 3.44. The molecule has 1 saturated carbocycles. The smallest absolute Gasteiger partial charge is 0.254 e. The summed E-state index contributed by atoms with van der Waals surface area (Å²) in [7, 11) is 5.58. The fraction of sp³-hybridized carbons (Fsp3) is 0.417. The summed E-state index contributed by atoms with van der Waals surface area (Å²) in [6, 6.07) is 13.5. The highest BCUT2D eigenvalue weighted by Crippen LogP contribution is 2.31. The number of methoxy groups -OCH3 is 1. The van der Waals surface area contributed by atoms with Crippen LogP contribution in [0.3, 0.4) is 0 Å². The van der Waals surface area contributed by atoms with Crippen LogP contribution >= 0.6 is 0 Å². The number of rotatable bonds is 9. The lowest BCUT2D eigenvalue weighted by Gasteiger charge is -2.26. The molecule has 0 spiro atoms. The van der Waals surface area contributed by atoms with E-state index in [1.165, 1.54) is 0 Å². The molecule has 6 nitrogen and oxygen atoms in total. The van der Waals surface area contributed by atoms with Crippen LogP contribution < -0.4 is 10.2 Å². The monoisotopic (exact) mass is 409 g/mol. The highest BCUT2D eigenvalue weighted by atomic mass is 16.5. The molecule has 0 heterocycles. The minimum Gasteiger partial charge on any atom is -0.383 e. The van der Waals surface area contributed by atoms with Gasteiger partial charge >= 0.3 is 0 Å². The van der Waals surface area contributed by atoms with Gasteiger partial charge in [-0.3, -0.25) is 9.59 Å². The first kappa shape index (κ1) is 21.8. The number of aryl methyl sites for hydroxylation is 1. The second-order valence-electron chi connectivity index (χ2n) is 8.09. The van der Waals surface area contributed by atoms with Crippen molar-refractivity contribution >= 4 is 23.2 Å². The first-order valence-corrected chi connectivity index (χ1v) is 10.3. The molecule has 2 aromatic carbocycles. The summed E-state index contributed by atoms with van der Waals surface area (Å²) in [6.45, 7) is 3.34. The molecule has 3 rings (SSSR count). The van der Waals surface area contributed by atoms with Crippen LogP contribution in [0, 0.1) is 12.8 Å². The quantitative estimate of drug-likeness (QED) is 0.686. The van der Waals surface area contributed by atoms with Gasteiger partial charge in [-0.2, -0.15) is 0 Å². The molecule has 0 unspecified atom stereocenters. The number of benzene rings is 2. The molecule has 0 radical (unpaired) electrons. The van der Waals surface area contributed by atoms with Crippen LogP contribution in [0.5, 0.6) is 0 Å². The van der Waals surface area contributed by atoms with E-state index in [9.17, 15) is 9.59 Å². The van der Waals surface area contributed by atoms with Crippen LogP contribution in [-0.2, 0) is 16.1 Å². The molecule has 2 aromatic rings. The van der Waals surface area contributed by atoms with Gasteiger partial charge in [0.2, 0.25) is 5.91 Å². The summed E-state index contributed by atoms with van der Waals surface area (Å²) in [4.78, 5) is 29.2. The number of carbonyl (C=O) groups is 2. The van der Waals surface area contributed by atoms with Gasteiger partial charge in [0.05, 0.1) is 6.61 Å². The van der Waals surface area contributed by atoms with Gasteiger partial charge in [-0.1, -0.05) is 17.7 Å². The van der Waals surface area contributed by atoms with Crippen molar-refractivity contribution in [2.75, 3.05) is 44.6 Å². The molecule has 0 bridgehead atoms.